The minimum Gasteiger partial charge on any atom is -0.299 e. The van der Waals surface area contributed by atoms with Gasteiger partial charge in [-0.2, -0.15) is 0 Å². The summed E-state index contributed by atoms with van der Waals surface area (Å²) in [6.07, 6.45) is 3.96. The molecule has 4 heteroatoms. The van der Waals surface area contributed by atoms with Crippen molar-refractivity contribution in [2.24, 2.45) is 5.11 Å². The molecular weight excluding hydrogens is 200 g/mol. The predicted molar refractivity (Wildman–Crippen MR) is 64.4 cm³/mol. The molecule has 0 saturated carbocycles. The van der Waals surface area contributed by atoms with Crippen molar-refractivity contribution in [3.05, 3.63) is 40.3 Å². The van der Waals surface area contributed by atoms with Crippen LogP contribution < -0.4 is 0 Å². The van der Waals surface area contributed by atoms with E-state index in [0.717, 1.165) is 6.54 Å². The van der Waals surface area contributed by atoms with Crippen molar-refractivity contribution in [3.8, 4) is 0 Å². The molecule has 0 aromatic heterocycles. The summed E-state index contributed by atoms with van der Waals surface area (Å²) in [5, 5.41) is 3.62. The molecule has 0 spiro atoms. The zero-order valence-electron chi connectivity index (χ0n) is 9.34. The van der Waals surface area contributed by atoms with Crippen LogP contribution in [0.25, 0.3) is 10.4 Å². The fraction of sp³-hybridized carbons (Fsp3) is 0.500. The standard InChI is InChI=1S/C12H16N4/c13-15-14-12-6-4-5-11(9-12)10-16-7-2-1-3-8-16/h4-6,9H,1-3,7-8,10H2. The Morgan fingerprint density at radius 2 is 2.06 bits per heavy atom. The molecule has 1 aromatic rings. The summed E-state index contributed by atoms with van der Waals surface area (Å²) in [5.74, 6) is 0. The Labute approximate surface area is 95.5 Å². The van der Waals surface area contributed by atoms with E-state index in [1.54, 1.807) is 0 Å². The fourth-order valence-electron chi connectivity index (χ4n) is 2.14. The van der Waals surface area contributed by atoms with Crippen LogP contribution in [-0.4, -0.2) is 18.0 Å². The first-order valence-corrected chi connectivity index (χ1v) is 5.75. The molecule has 1 aromatic carbocycles. The highest BCUT2D eigenvalue weighted by Gasteiger charge is 2.10. The van der Waals surface area contributed by atoms with Gasteiger partial charge in [-0.15, -0.1) is 0 Å². The maximum absolute atomic E-state index is 8.38. The van der Waals surface area contributed by atoms with Gasteiger partial charge in [0.1, 0.15) is 0 Å². The lowest BCUT2D eigenvalue weighted by Gasteiger charge is -2.26. The number of hydrogen-bond donors (Lipinski definition) is 0. The number of benzene rings is 1. The number of azide groups is 1. The average Bonchev–Trinajstić information content (AvgIpc) is 2.31. The van der Waals surface area contributed by atoms with Crippen LogP contribution in [0.2, 0.25) is 0 Å². The summed E-state index contributed by atoms with van der Waals surface area (Å²) >= 11 is 0. The van der Waals surface area contributed by atoms with Gasteiger partial charge in [0.05, 0.1) is 0 Å². The zero-order chi connectivity index (χ0) is 11.2. The van der Waals surface area contributed by atoms with Crippen LogP contribution in [0.5, 0.6) is 0 Å². The van der Waals surface area contributed by atoms with Crippen molar-refractivity contribution in [1.29, 1.82) is 0 Å². The molecule has 1 aliphatic heterocycles. The van der Waals surface area contributed by atoms with Gasteiger partial charge in [-0.3, -0.25) is 4.90 Å². The van der Waals surface area contributed by atoms with Crippen LogP contribution in [0.3, 0.4) is 0 Å². The van der Waals surface area contributed by atoms with Gasteiger partial charge >= 0.3 is 0 Å². The molecule has 2 rings (SSSR count). The Balaban J connectivity index is 2.02. The second-order valence-corrected chi connectivity index (χ2v) is 4.20. The van der Waals surface area contributed by atoms with Crippen LogP contribution in [0.15, 0.2) is 29.4 Å². The summed E-state index contributed by atoms with van der Waals surface area (Å²) in [6, 6.07) is 7.84. The first kappa shape index (κ1) is 11.0. The topological polar surface area (TPSA) is 52.0 Å². The maximum Gasteiger partial charge on any atom is 0.0378 e. The Morgan fingerprint density at radius 3 is 2.81 bits per heavy atom. The lowest BCUT2D eigenvalue weighted by Crippen LogP contribution is -2.28. The van der Waals surface area contributed by atoms with Gasteiger partial charge in [0, 0.05) is 17.1 Å². The molecule has 1 aliphatic rings. The van der Waals surface area contributed by atoms with E-state index in [9.17, 15) is 0 Å². The highest BCUT2D eigenvalue weighted by Crippen LogP contribution is 2.17. The SMILES string of the molecule is [N-]=[N+]=Nc1cccc(CN2CCCCC2)c1. The van der Waals surface area contributed by atoms with E-state index in [0.29, 0.717) is 5.69 Å². The molecule has 0 radical (unpaired) electrons. The average molecular weight is 216 g/mol. The maximum atomic E-state index is 8.38. The quantitative estimate of drug-likeness (QED) is 0.432. The molecule has 0 atom stereocenters. The second kappa shape index (κ2) is 5.54. The van der Waals surface area contributed by atoms with Crippen LogP contribution >= 0.6 is 0 Å². The fourth-order valence-corrected chi connectivity index (χ4v) is 2.14. The van der Waals surface area contributed by atoms with Crippen molar-refractivity contribution in [1.82, 2.24) is 4.90 Å². The molecular formula is C12H16N4. The van der Waals surface area contributed by atoms with Crippen LogP contribution in [0, 0.1) is 0 Å². The summed E-state index contributed by atoms with van der Waals surface area (Å²) in [4.78, 5) is 5.26. The largest absolute Gasteiger partial charge is 0.299 e. The highest BCUT2D eigenvalue weighted by molar-refractivity contribution is 5.39. The van der Waals surface area contributed by atoms with E-state index in [1.807, 2.05) is 18.2 Å². The highest BCUT2D eigenvalue weighted by atomic mass is 15.1. The molecule has 1 saturated heterocycles. The number of piperidine rings is 1. The molecule has 4 nitrogen and oxygen atoms in total. The second-order valence-electron chi connectivity index (χ2n) is 4.20. The minimum atomic E-state index is 0.706. The molecule has 1 heterocycles. The van der Waals surface area contributed by atoms with Crippen LogP contribution in [0.4, 0.5) is 5.69 Å². The summed E-state index contributed by atoms with van der Waals surface area (Å²) in [7, 11) is 0. The van der Waals surface area contributed by atoms with Gasteiger partial charge in [-0.1, -0.05) is 29.7 Å². The molecule has 16 heavy (non-hydrogen) atoms. The Hall–Kier alpha value is -1.51. The van der Waals surface area contributed by atoms with E-state index >= 15 is 0 Å². The third-order valence-electron chi connectivity index (χ3n) is 2.93. The third kappa shape index (κ3) is 2.99. The first-order chi connectivity index (χ1) is 7.88. The molecule has 0 aliphatic carbocycles. The number of likely N-dealkylation sites (tertiary alicyclic amines) is 1. The zero-order valence-corrected chi connectivity index (χ0v) is 9.34. The van der Waals surface area contributed by atoms with Crippen molar-refractivity contribution >= 4 is 5.69 Å². The lowest BCUT2D eigenvalue weighted by atomic mass is 10.1. The number of nitrogens with zero attached hydrogens (tertiary/aromatic N) is 4. The third-order valence-corrected chi connectivity index (χ3v) is 2.93. The van der Waals surface area contributed by atoms with Gasteiger partial charge in [-0.25, -0.2) is 0 Å². The Bertz CT molecular complexity index is 390. The molecule has 84 valence electrons. The predicted octanol–water partition coefficient (Wildman–Crippen LogP) is 3.61. The van der Waals surface area contributed by atoms with E-state index in [4.69, 9.17) is 5.53 Å². The lowest BCUT2D eigenvalue weighted by molar-refractivity contribution is 0.221. The number of rotatable bonds is 3. The van der Waals surface area contributed by atoms with Gasteiger partial charge in [0.15, 0.2) is 0 Å². The van der Waals surface area contributed by atoms with E-state index in [2.05, 4.69) is 21.0 Å². The Morgan fingerprint density at radius 1 is 1.25 bits per heavy atom. The van der Waals surface area contributed by atoms with Gasteiger partial charge in [0.25, 0.3) is 0 Å². The summed E-state index contributed by atoms with van der Waals surface area (Å²) < 4.78 is 0. The van der Waals surface area contributed by atoms with Gasteiger partial charge < -0.3 is 0 Å². The van der Waals surface area contributed by atoms with Crippen LogP contribution in [-0.2, 0) is 6.54 Å². The molecule has 0 amide bonds. The van der Waals surface area contributed by atoms with Gasteiger partial charge in [0.2, 0.25) is 0 Å². The number of hydrogen-bond acceptors (Lipinski definition) is 2. The Kier molecular flexibility index (Phi) is 3.81. The van der Waals surface area contributed by atoms with Crippen molar-refractivity contribution in [2.45, 2.75) is 25.8 Å². The van der Waals surface area contributed by atoms with Crippen molar-refractivity contribution in [3.63, 3.8) is 0 Å². The monoisotopic (exact) mass is 216 g/mol. The first-order valence-electron chi connectivity index (χ1n) is 5.75. The molecule has 0 unspecified atom stereocenters. The van der Waals surface area contributed by atoms with Gasteiger partial charge in [-0.05, 0) is 43.1 Å². The normalized spacial score (nSPS) is 16.8. The van der Waals surface area contributed by atoms with E-state index in [1.165, 1.54) is 37.9 Å². The van der Waals surface area contributed by atoms with E-state index < -0.39 is 0 Å². The molecule has 0 bridgehead atoms. The molecule has 1 fully saturated rings. The van der Waals surface area contributed by atoms with Crippen molar-refractivity contribution < 1.29 is 0 Å². The smallest absolute Gasteiger partial charge is 0.0378 e. The summed E-state index contributed by atoms with van der Waals surface area (Å²) in [5.41, 5.74) is 10.3. The summed E-state index contributed by atoms with van der Waals surface area (Å²) in [6.45, 7) is 3.34. The minimum absolute atomic E-state index is 0.706. The van der Waals surface area contributed by atoms with E-state index in [-0.39, 0.29) is 0 Å². The van der Waals surface area contributed by atoms with Crippen LogP contribution in [0.1, 0.15) is 24.8 Å². The van der Waals surface area contributed by atoms with Crippen molar-refractivity contribution in [2.75, 3.05) is 13.1 Å². The molecule has 0 N–H and O–H groups in total.